The van der Waals surface area contributed by atoms with E-state index in [1.165, 1.54) is 25.3 Å². The lowest BCUT2D eigenvalue weighted by Gasteiger charge is -2.08. The van der Waals surface area contributed by atoms with E-state index >= 15 is 0 Å². The zero-order valence-electron chi connectivity index (χ0n) is 15.6. The highest BCUT2D eigenvalue weighted by Gasteiger charge is 2.17. The lowest BCUT2D eigenvalue weighted by molar-refractivity contribution is -0.112. The largest absolute Gasteiger partial charge is 0.465 e. The van der Waals surface area contributed by atoms with Crippen LogP contribution in [0.25, 0.3) is 17.4 Å². The number of furan rings is 1. The van der Waals surface area contributed by atoms with Crippen molar-refractivity contribution < 1.29 is 18.7 Å². The molecule has 6 nitrogen and oxygen atoms in total. The van der Waals surface area contributed by atoms with Gasteiger partial charge in [0, 0.05) is 6.08 Å². The van der Waals surface area contributed by atoms with Gasteiger partial charge in [0.25, 0.3) is 5.91 Å². The molecular formula is C22H14Cl2N2O4. The molecule has 0 radical (unpaired) electrons. The molecule has 1 heterocycles. The number of benzene rings is 2. The Morgan fingerprint density at radius 3 is 2.43 bits per heavy atom. The van der Waals surface area contributed by atoms with Gasteiger partial charge in [0.1, 0.15) is 23.2 Å². The maximum Gasteiger partial charge on any atom is 0.339 e. The van der Waals surface area contributed by atoms with Gasteiger partial charge >= 0.3 is 5.97 Å². The van der Waals surface area contributed by atoms with Gasteiger partial charge in [-0.2, -0.15) is 5.26 Å². The predicted octanol–water partition coefficient (Wildman–Crippen LogP) is 5.59. The molecular weight excluding hydrogens is 427 g/mol. The molecule has 30 heavy (non-hydrogen) atoms. The standard InChI is InChI=1S/C22H14Cl2N2O4/c1-29-22(28)15-5-2-3-8-18(15)26-21(27)13(12-25)11-14-9-10-19(30-14)20-16(23)6-4-7-17(20)24/h2-11H,1H3,(H,26,27)/b13-11+. The molecule has 0 fully saturated rings. The maximum atomic E-state index is 12.6. The number of carbonyl (C=O) groups is 2. The minimum Gasteiger partial charge on any atom is -0.465 e. The van der Waals surface area contributed by atoms with Gasteiger partial charge in [-0.15, -0.1) is 0 Å². The third kappa shape index (κ3) is 4.54. The number of hydrogen-bond acceptors (Lipinski definition) is 5. The SMILES string of the molecule is COC(=O)c1ccccc1NC(=O)/C(C#N)=C/c1ccc(-c2c(Cl)cccc2Cl)o1. The Morgan fingerprint density at radius 2 is 1.77 bits per heavy atom. The molecule has 0 saturated carbocycles. The van der Waals surface area contributed by atoms with Gasteiger partial charge in [-0.25, -0.2) is 4.79 Å². The fourth-order valence-corrected chi connectivity index (χ4v) is 3.24. The number of anilines is 1. The number of amides is 1. The summed E-state index contributed by atoms with van der Waals surface area (Å²) in [6, 6.07) is 16.4. The minimum absolute atomic E-state index is 0.166. The summed E-state index contributed by atoms with van der Waals surface area (Å²) in [5.41, 5.74) is 0.675. The molecule has 0 bridgehead atoms. The highest BCUT2D eigenvalue weighted by molar-refractivity contribution is 6.39. The topological polar surface area (TPSA) is 92.3 Å². The number of methoxy groups -OCH3 is 1. The third-order valence-electron chi connectivity index (χ3n) is 4.07. The quantitative estimate of drug-likeness (QED) is 0.317. The van der Waals surface area contributed by atoms with Crippen LogP contribution in [0.3, 0.4) is 0 Å². The Labute approximate surface area is 182 Å². The molecule has 8 heteroatoms. The van der Waals surface area contributed by atoms with E-state index in [-0.39, 0.29) is 22.6 Å². The smallest absolute Gasteiger partial charge is 0.339 e. The zero-order valence-corrected chi connectivity index (χ0v) is 17.1. The van der Waals surface area contributed by atoms with Crippen molar-refractivity contribution in [2.45, 2.75) is 0 Å². The number of nitrogens with one attached hydrogen (secondary N) is 1. The van der Waals surface area contributed by atoms with Crippen LogP contribution in [-0.4, -0.2) is 19.0 Å². The number of hydrogen-bond donors (Lipinski definition) is 1. The molecule has 1 N–H and O–H groups in total. The first kappa shape index (κ1) is 21.2. The van der Waals surface area contributed by atoms with Crippen molar-refractivity contribution >= 4 is 46.8 Å². The van der Waals surface area contributed by atoms with Gasteiger partial charge in [-0.1, -0.05) is 41.4 Å². The molecule has 1 aromatic heterocycles. The van der Waals surface area contributed by atoms with Gasteiger partial charge in [-0.3, -0.25) is 4.79 Å². The number of ether oxygens (including phenoxy) is 1. The van der Waals surface area contributed by atoms with E-state index in [0.29, 0.717) is 21.4 Å². The second-order valence-corrected chi connectivity index (χ2v) is 6.77. The number of carbonyl (C=O) groups excluding carboxylic acids is 2. The average molecular weight is 441 g/mol. The van der Waals surface area contributed by atoms with Crippen molar-refractivity contribution in [3.8, 4) is 17.4 Å². The highest BCUT2D eigenvalue weighted by Crippen LogP contribution is 2.35. The predicted molar refractivity (Wildman–Crippen MR) is 114 cm³/mol. The molecule has 0 aliphatic carbocycles. The van der Waals surface area contributed by atoms with Crippen LogP contribution in [-0.2, 0) is 9.53 Å². The van der Waals surface area contributed by atoms with Crippen LogP contribution in [0.15, 0.2) is 64.6 Å². The Bertz CT molecular complexity index is 1170. The summed E-state index contributed by atoms with van der Waals surface area (Å²) in [5, 5.41) is 12.8. The zero-order chi connectivity index (χ0) is 21.7. The number of para-hydroxylation sites is 1. The average Bonchev–Trinajstić information content (AvgIpc) is 3.19. The van der Waals surface area contributed by atoms with E-state index in [1.807, 2.05) is 6.07 Å². The number of nitrogens with zero attached hydrogens (tertiary/aromatic N) is 1. The van der Waals surface area contributed by atoms with E-state index in [4.69, 9.17) is 32.4 Å². The third-order valence-corrected chi connectivity index (χ3v) is 4.70. The maximum absolute atomic E-state index is 12.6. The highest BCUT2D eigenvalue weighted by atomic mass is 35.5. The second-order valence-electron chi connectivity index (χ2n) is 5.96. The molecule has 0 aliphatic rings. The molecule has 1 amide bonds. The van der Waals surface area contributed by atoms with Gasteiger partial charge in [0.15, 0.2) is 0 Å². The molecule has 0 unspecified atom stereocenters. The summed E-state index contributed by atoms with van der Waals surface area (Å²) < 4.78 is 10.4. The second kappa shape index (κ2) is 9.31. The van der Waals surface area contributed by atoms with Crippen LogP contribution in [0, 0.1) is 11.3 Å². The fraction of sp³-hybridized carbons (Fsp3) is 0.0455. The van der Waals surface area contributed by atoms with Crippen molar-refractivity contribution in [1.29, 1.82) is 5.26 Å². The van der Waals surface area contributed by atoms with Crippen LogP contribution < -0.4 is 5.32 Å². The van der Waals surface area contributed by atoms with Crippen LogP contribution >= 0.6 is 23.2 Å². The molecule has 3 aromatic rings. The molecule has 0 saturated heterocycles. The summed E-state index contributed by atoms with van der Waals surface area (Å²) in [5.74, 6) is -0.664. The van der Waals surface area contributed by atoms with Crippen LogP contribution in [0.1, 0.15) is 16.1 Å². The normalized spacial score (nSPS) is 10.9. The summed E-state index contributed by atoms with van der Waals surface area (Å²) in [4.78, 5) is 24.4. The molecule has 3 rings (SSSR count). The van der Waals surface area contributed by atoms with E-state index < -0.39 is 11.9 Å². The number of esters is 1. The van der Waals surface area contributed by atoms with E-state index in [2.05, 4.69) is 5.32 Å². The Hall–Kier alpha value is -3.53. The van der Waals surface area contributed by atoms with Crippen molar-refractivity contribution in [1.82, 2.24) is 0 Å². The van der Waals surface area contributed by atoms with Gasteiger partial charge in [-0.05, 0) is 36.4 Å². The summed E-state index contributed by atoms with van der Waals surface area (Å²) in [6.07, 6.45) is 1.28. The Kier molecular flexibility index (Phi) is 6.58. The van der Waals surface area contributed by atoms with E-state index in [0.717, 1.165) is 0 Å². The van der Waals surface area contributed by atoms with Crippen LogP contribution in [0.2, 0.25) is 10.0 Å². The van der Waals surface area contributed by atoms with Crippen molar-refractivity contribution in [2.75, 3.05) is 12.4 Å². The first-order chi connectivity index (χ1) is 14.4. The van der Waals surface area contributed by atoms with Crippen molar-refractivity contribution in [2.24, 2.45) is 0 Å². The fourth-order valence-electron chi connectivity index (χ4n) is 2.66. The van der Waals surface area contributed by atoms with Gasteiger partial charge in [0.05, 0.1) is 34.0 Å². The number of nitriles is 1. The van der Waals surface area contributed by atoms with Crippen LogP contribution in [0.4, 0.5) is 5.69 Å². The minimum atomic E-state index is -0.706. The summed E-state index contributed by atoms with van der Waals surface area (Å²) >= 11 is 12.4. The van der Waals surface area contributed by atoms with E-state index in [9.17, 15) is 14.9 Å². The first-order valence-corrected chi connectivity index (χ1v) is 9.35. The summed E-state index contributed by atoms with van der Waals surface area (Å²) in [6.45, 7) is 0. The Morgan fingerprint density at radius 1 is 1.07 bits per heavy atom. The molecule has 0 atom stereocenters. The molecule has 2 aromatic carbocycles. The monoisotopic (exact) mass is 440 g/mol. The molecule has 150 valence electrons. The lowest BCUT2D eigenvalue weighted by Crippen LogP contribution is -2.16. The van der Waals surface area contributed by atoms with Crippen molar-refractivity contribution in [3.63, 3.8) is 0 Å². The summed E-state index contributed by atoms with van der Waals surface area (Å²) in [7, 11) is 1.24. The van der Waals surface area contributed by atoms with Gasteiger partial charge < -0.3 is 14.5 Å². The van der Waals surface area contributed by atoms with Crippen molar-refractivity contribution in [3.05, 3.63) is 81.5 Å². The molecule has 0 spiro atoms. The first-order valence-electron chi connectivity index (χ1n) is 8.59. The molecule has 0 aliphatic heterocycles. The number of halogens is 2. The number of rotatable bonds is 5. The van der Waals surface area contributed by atoms with Gasteiger partial charge in [0.2, 0.25) is 0 Å². The van der Waals surface area contributed by atoms with E-state index in [1.54, 1.807) is 42.5 Å². The van der Waals surface area contributed by atoms with Crippen LogP contribution in [0.5, 0.6) is 0 Å². The lowest BCUT2D eigenvalue weighted by atomic mass is 10.1. The Balaban J connectivity index is 1.87.